The molecular weight excluding hydrogens is 326 g/mol. The van der Waals surface area contributed by atoms with Crippen LogP contribution >= 0.6 is 12.2 Å². The van der Waals surface area contributed by atoms with Crippen LogP contribution in [0.1, 0.15) is 33.3 Å². The molecule has 0 unspecified atom stereocenters. The van der Waals surface area contributed by atoms with Crippen molar-refractivity contribution < 1.29 is 14.3 Å². The van der Waals surface area contributed by atoms with Gasteiger partial charge in [-0.1, -0.05) is 18.2 Å². The van der Waals surface area contributed by atoms with E-state index in [0.29, 0.717) is 16.6 Å². The lowest BCUT2D eigenvalue weighted by atomic mass is 10.1. The van der Waals surface area contributed by atoms with Crippen molar-refractivity contribution in [1.82, 2.24) is 16.2 Å². The lowest BCUT2D eigenvalue weighted by molar-refractivity contribution is -0.123. The van der Waals surface area contributed by atoms with Gasteiger partial charge < -0.3 is 14.8 Å². The van der Waals surface area contributed by atoms with Gasteiger partial charge in [-0.05, 0) is 57.6 Å². The highest BCUT2D eigenvalue weighted by atomic mass is 32.1. The van der Waals surface area contributed by atoms with E-state index in [1.54, 1.807) is 13.2 Å². The maximum absolute atomic E-state index is 11.8. The summed E-state index contributed by atoms with van der Waals surface area (Å²) in [7, 11) is 1.56. The van der Waals surface area contributed by atoms with E-state index < -0.39 is 0 Å². The lowest BCUT2D eigenvalue weighted by Gasteiger charge is -2.23. The standard InChI is InChI=1S/C17H25N3O3S/c1-6-7-12-8-9-13(14(10-12)22-5)23-11-15(21)19-20-16(24)18-17(2,3)4/h6-10H,11H2,1-5H3,(H,19,21)(H2,18,20,24)/b7-6+. The van der Waals surface area contributed by atoms with Gasteiger partial charge >= 0.3 is 0 Å². The molecule has 0 aliphatic carbocycles. The highest BCUT2D eigenvalue weighted by Crippen LogP contribution is 2.28. The van der Waals surface area contributed by atoms with E-state index in [9.17, 15) is 4.79 Å². The van der Waals surface area contributed by atoms with Gasteiger partial charge in [0, 0.05) is 5.54 Å². The number of hydrogen-bond acceptors (Lipinski definition) is 4. The van der Waals surface area contributed by atoms with E-state index in [-0.39, 0.29) is 18.1 Å². The molecule has 1 aromatic carbocycles. The molecule has 1 aromatic rings. The fraction of sp³-hybridized carbons (Fsp3) is 0.412. The first-order chi connectivity index (χ1) is 11.2. The van der Waals surface area contributed by atoms with E-state index in [1.807, 2.05) is 52.0 Å². The second-order valence-electron chi connectivity index (χ2n) is 6.08. The highest BCUT2D eigenvalue weighted by Gasteiger charge is 2.12. The molecule has 0 saturated heterocycles. The Bertz CT molecular complexity index is 610. The predicted molar refractivity (Wildman–Crippen MR) is 100.0 cm³/mol. The summed E-state index contributed by atoms with van der Waals surface area (Å²) >= 11 is 5.07. The van der Waals surface area contributed by atoms with Gasteiger partial charge in [-0.3, -0.25) is 15.6 Å². The van der Waals surface area contributed by atoms with Crippen LogP contribution in [0, 0.1) is 0 Å². The Morgan fingerprint density at radius 3 is 2.54 bits per heavy atom. The fourth-order valence-corrected chi connectivity index (χ4v) is 2.13. The Kier molecular flexibility index (Phi) is 7.51. The molecule has 24 heavy (non-hydrogen) atoms. The zero-order chi connectivity index (χ0) is 18.2. The normalized spacial score (nSPS) is 11.0. The Labute approximate surface area is 148 Å². The van der Waals surface area contributed by atoms with Gasteiger partial charge in [0.15, 0.2) is 23.2 Å². The average molecular weight is 351 g/mol. The summed E-state index contributed by atoms with van der Waals surface area (Å²) in [6.07, 6.45) is 3.88. The van der Waals surface area contributed by atoms with Crippen LogP contribution in [-0.2, 0) is 4.79 Å². The van der Waals surface area contributed by atoms with Crippen LogP contribution in [0.15, 0.2) is 24.3 Å². The van der Waals surface area contributed by atoms with Crippen LogP contribution in [0.3, 0.4) is 0 Å². The molecule has 0 fully saturated rings. The maximum Gasteiger partial charge on any atom is 0.276 e. The van der Waals surface area contributed by atoms with Gasteiger partial charge in [-0.15, -0.1) is 0 Å². The monoisotopic (exact) mass is 351 g/mol. The van der Waals surface area contributed by atoms with Crippen molar-refractivity contribution in [3.63, 3.8) is 0 Å². The largest absolute Gasteiger partial charge is 0.493 e. The number of amides is 1. The summed E-state index contributed by atoms with van der Waals surface area (Å²) in [5.41, 5.74) is 5.91. The van der Waals surface area contributed by atoms with Crippen molar-refractivity contribution in [2.24, 2.45) is 0 Å². The van der Waals surface area contributed by atoms with Crippen molar-refractivity contribution in [3.05, 3.63) is 29.8 Å². The van der Waals surface area contributed by atoms with E-state index in [0.717, 1.165) is 5.56 Å². The minimum absolute atomic E-state index is 0.162. The number of thiocarbonyl (C=S) groups is 1. The Morgan fingerprint density at radius 2 is 1.96 bits per heavy atom. The first-order valence-electron chi connectivity index (χ1n) is 7.55. The summed E-state index contributed by atoms with van der Waals surface area (Å²) in [5, 5.41) is 3.36. The van der Waals surface area contributed by atoms with Gasteiger partial charge in [0.1, 0.15) is 0 Å². The number of carbonyl (C=O) groups excluding carboxylic acids is 1. The molecule has 7 heteroatoms. The quantitative estimate of drug-likeness (QED) is 0.559. The zero-order valence-corrected chi connectivity index (χ0v) is 15.5. The molecular formula is C17H25N3O3S. The van der Waals surface area contributed by atoms with Crippen molar-refractivity contribution in [3.8, 4) is 11.5 Å². The molecule has 0 bridgehead atoms. The van der Waals surface area contributed by atoms with Crippen molar-refractivity contribution in [1.29, 1.82) is 0 Å². The number of hydrazine groups is 1. The number of ether oxygens (including phenoxy) is 2. The van der Waals surface area contributed by atoms with Crippen LogP contribution < -0.4 is 25.6 Å². The molecule has 0 aliphatic heterocycles. The number of hydrogen-bond donors (Lipinski definition) is 3. The Morgan fingerprint density at radius 1 is 1.25 bits per heavy atom. The number of carbonyl (C=O) groups is 1. The molecule has 132 valence electrons. The molecule has 3 N–H and O–H groups in total. The molecule has 1 rings (SSSR count). The van der Waals surface area contributed by atoms with Crippen molar-refractivity contribution in [2.45, 2.75) is 33.2 Å². The predicted octanol–water partition coefficient (Wildman–Crippen LogP) is 2.40. The summed E-state index contributed by atoms with van der Waals surface area (Å²) in [5.74, 6) is 0.709. The summed E-state index contributed by atoms with van der Waals surface area (Å²) in [4.78, 5) is 11.8. The smallest absolute Gasteiger partial charge is 0.276 e. The molecule has 0 aliphatic rings. The summed E-state index contributed by atoms with van der Waals surface area (Å²) in [6.45, 7) is 7.68. The Hall–Kier alpha value is -2.28. The highest BCUT2D eigenvalue weighted by molar-refractivity contribution is 7.80. The molecule has 0 atom stereocenters. The van der Waals surface area contributed by atoms with Gasteiger partial charge in [-0.25, -0.2) is 0 Å². The lowest BCUT2D eigenvalue weighted by Crippen LogP contribution is -2.52. The number of allylic oxidation sites excluding steroid dienone is 1. The number of benzene rings is 1. The first kappa shape index (κ1) is 19.8. The van der Waals surface area contributed by atoms with Gasteiger partial charge in [0.2, 0.25) is 0 Å². The van der Waals surface area contributed by atoms with E-state index in [2.05, 4.69) is 16.2 Å². The second-order valence-corrected chi connectivity index (χ2v) is 6.48. The minimum atomic E-state index is -0.354. The third-order valence-corrected chi connectivity index (χ3v) is 2.91. The zero-order valence-electron chi connectivity index (χ0n) is 14.7. The summed E-state index contributed by atoms with van der Waals surface area (Å²) < 4.78 is 10.8. The van der Waals surface area contributed by atoms with Crippen molar-refractivity contribution in [2.75, 3.05) is 13.7 Å². The van der Waals surface area contributed by atoms with Crippen LogP contribution in [0.5, 0.6) is 11.5 Å². The van der Waals surface area contributed by atoms with Crippen LogP contribution in [0.2, 0.25) is 0 Å². The number of rotatable bonds is 5. The molecule has 0 saturated carbocycles. The molecule has 1 amide bonds. The molecule has 0 radical (unpaired) electrons. The fourth-order valence-electron chi connectivity index (χ4n) is 1.78. The number of nitrogens with one attached hydrogen (secondary N) is 3. The third kappa shape index (κ3) is 7.32. The van der Waals surface area contributed by atoms with Gasteiger partial charge in [-0.2, -0.15) is 0 Å². The van der Waals surface area contributed by atoms with Crippen molar-refractivity contribution >= 4 is 29.3 Å². The maximum atomic E-state index is 11.8. The van der Waals surface area contributed by atoms with Crippen LogP contribution in [0.4, 0.5) is 0 Å². The second kappa shape index (κ2) is 9.12. The van der Waals surface area contributed by atoms with E-state index >= 15 is 0 Å². The minimum Gasteiger partial charge on any atom is -0.493 e. The third-order valence-electron chi connectivity index (χ3n) is 2.71. The van der Waals surface area contributed by atoms with Crippen LogP contribution in [-0.4, -0.2) is 30.3 Å². The SMILES string of the molecule is C/C=C/c1ccc(OCC(=O)NNC(=S)NC(C)(C)C)c(OC)c1. The van der Waals surface area contributed by atoms with Gasteiger partial charge in [0.25, 0.3) is 5.91 Å². The molecule has 6 nitrogen and oxygen atoms in total. The molecule has 0 aromatic heterocycles. The van der Waals surface area contributed by atoms with E-state index in [1.165, 1.54) is 0 Å². The summed E-state index contributed by atoms with van der Waals surface area (Å²) in [6, 6.07) is 5.49. The average Bonchev–Trinajstić information content (AvgIpc) is 2.50. The van der Waals surface area contributed by atoms with Gasteiger partial charge in [0.05, 0.1) is 7.11 Å². The molecule has 0 heterocycles. The topological polar surface area (TPSA) is 71.6 Å². The molecule has 0 spiro atoms. The van der Waals surface area contributed by atoms with Crippen LogP contribution in [0.25, 0.3) is 6.08 Å². The number of methoxy groups -OCH3 is 1. The van der Waals surface area contributed by atoms with E-state index in [4.69, 9.17) is 21.7 Å². The Balaban J connectivity index is 2.51. The first-order valence-corrected chi connectivity index (χ1v) is 7.96.